The molecule has 0 bridgehead atoms. The Hall–Kier alpha value is -2.56. The number of rotatable bonds is 2. The molecule has 1 aliphatic rings. The molecule has 1 unspecified atom stereocenters. The molecule has 102 valence electrons. The van der Waals surface area contributed by atoms with Crippen LogP contribution in [0.1, 0.15) is 33.9 Å². The lowest BCUT2D eigenvalue weighted by Gasteiger charge is -2.14. The molecule has 3 rings (SSSR count). The Balaban J connectivity index is 1.79. The number of fused-ring (bicyclic) bond motifs is 1. The topological polar surface area (TPSA) is 88.2 Å². The molecular formula is C15H15N3O2. The third-order valence-corrected chi connectivity index (χ3v) is 3.54. The molecule has 2 aromatic rings. The van der Waals surface area contributed by atoms with Crippen molar-refractivity contribution in [1.82, 2.24) is 10.3 Å². The summed E-state index contributed by atoms with van der Waals surface area (Å²) in [5.74, 6) is -0.250. The summed E-state index contributed by atoms with van der Waals surface area (Å²) in [6.07, 6.45) is 4.50. The van der Waals surface area contributed by atoms with Crippen LogP contribution in [-0.2, 0) is 6.42 Å². The number of nitrogens with two attached hydrogens (primary N) is 1. The molecule has 0 spiro atoms. The smallest absolute Gasteiger partial charge is 0.253 e. The van der Waals surface area contributed by atoms with Crippen LogP contribution in [0.5, 0.6) is 5.75 Å². The van der Waals surface area contributed by atoms with E-state index in [1.165, 1.54) is 24.0 Å². The molecule has 0 aliphatic heterocycles. The predicted octanol–water partition coefficient (Wildman–Crippen LogP) is 1.79. The monoisotopic (exact) mass is 269 g/mol. The van der Waals surface area contributed by atoms with Gasteiger partial charge in [0.05, 0.1) is 17.8 Å². The van der Waals surface area contributed by atoms with Crippen molar-refractivity contribution in [2.45, 2.75) is 18.9 Å². The van der Waals surface area contributed by atoms with Crippen molar-refractivity contribution in [2.75, 3.05) is 5.73 Å². The molecule has 1 aromatic carbocycles. The van der Waals surface area contributed by atoms with Gasteiger partial charge in [0.15, 0.2) is 0 Å². The highest BCUT2D eigenvalue weighted by molar-refractivity contribution is 5.94. The Kier molecular flexibility index (Phi) is 3.02. The molecule has 0 saturated heterocycles. The van der Waals surface area contributed by atoms with Crippen molar-refractivity contribution in [3.8, 4) is 5.75 Å². The number of hydrogen-bond donors (Lipinski definition) is 3. The first-order valence-corrected chi connectivity index (χ1v) is 6.46. The van der Waals surface area contributed by atoms with E-state index in [0.717, 1.165) is 24.1 Å². The fourth-order valence-corrected chi connectivity index (χ4v) is 2.58. The number of pyridine rings is 1. The van der Waals surface area contributed by atoms with Crippen molar-refractivity contribution < 1.29 is 9.90 Å². The van der Waals surface area contributed by atoms with Crippen LogP contribution in [-0.4, -0.2) is 16.0 Å². The minimum Gasteiger partial charge on any atom is -0.506 e. The molecule has 0 fully saturated rings. The molecule has 1 aliphatic carbocycles. The number of nitrogens with zero attached hydrogens (tertiary/aromatic N) is 1. The number of amides is 1. The zero-order valence-electron chi connectivity index (χ0n) is 10.8. The number of benzene rings is 1. The predicted molar refractivity (Wildman–Crippen MR) is 75.3 cm³/mol. The van der Waals surface area contributed by atoms with E-state index >= 15 is 0 Å². The normalized spacial score (nSPS) is 16.7. The zero-order chi connectivity index (χ0) is 14.1. The minimum atomic E-state index is -0.233. The first-order valence-electron chi connectivity index (χ1n) is 6.46. The first-order chi connectivity index (χ1) is 9.63. The highest BCUT2D eigenvalue weighted by Gasteiger charge is 2.24. The van der Waals surface area contributed by atoms with Gasteiger partial charge in [0.2, 0.25) is 0 Å². The average molecular weight is 269 g/mol. The van der Waals surface area contributed by atoms with E-state index in [9.17, 15) is 9.90 Å². The fraction of sp³-hybridized carbons (Fsp3) is 0.200. The molecule has 4 N–H and O–H groups in total. The lowest BCUT2D eigenvalue weighted by atomic mass is 10.1. The Morgan fingerprint density at radius 1 is 1.35 bits per heavy atom. The number of aromatic nitrogens is 1. The van der Waals surface area contributed by atoms with Gasteiger partial charge in [-0.2, -0.15) is 0 Å². The van der Waals surface area contributed by atoms with Crippen LogP contribution in [0.3, 0.4) is 0 Å². The number of aromatic hydroxyl groups is 1. The summed E-state index contributed by atoms with van der Waals surface area (Å²) in [5.41, 5.74) is 9.16. The van der Waals surface area contributed by atoms with E-state index in [1.54, 1.807) is 0 Å². The Morgan fingerprint density at radius 2 is 2.20 bits per heavy atom. The van der Waals surface area contributed by atoms with Crippen LogP contribution >= 0.6 is 0 Å². The van der Waals surface area contributed by atoms with Crippen molar-refractivity contribution >= 4 is 11.6 Å². The van der Waals surface area contributed by atoms with Crippen LogP contribution < -0.4 is 11.1 Å². The molecule has 1 heterocycles. The molecule has 5 nitrogen and oxygen atoms in total. The zero-order valence-corrected chi connectivity index (χ0v) is 10.8. The highest BCUT2D eigenvalue weighted by Crippen LogP contribution is 2.32. The number of carbonyl (C=O) groups is 1. The fourth-order valence-electron chi connectivity index (χ4n) is 2.58. The van der Waals surface area contributed by atoms with E-state index in [-0.39, 0.29) is 17.7 Å². The Bertz CT molecular complexity index is 670. The van der Waals surface area contributed by atoms with Crippen LogP contribution in [0.25, 0.3) is 0 Å². The summed E-state index contributed by atoms with van der Waals surface area (Å²) in [5, 5.41) is 12.3. The average Bonchev–Trinajstić information content (AvgIpc) is 2.81. The van der Waals surface area contributed by atoms with Gasteiger partial charge in [0.25, 0.3) is 5.91 Å². The van der Waals surface area contributed by atoms with E-state index in [4.69, 9.17) is 5.73 Å². The van der Waals surface area contributed by atoms with Gasteiger partial charge in [0.1, 0.15) is 5.75 Å². The van der Waals surface area contributed by atoms with Gasteiger partial charge in [-0.3, -0.25) is 9.78 Å². The maximum absolute atomic E-state index is 12.1. The number of carbonyl (C=O) groups excluding carboxylic acids is 1. The number of hydrogen-bond acceptors (Lipinski definition) is 4. The van der Waals surface area contributed by atoms with Crippen LogP contribution in [0.4, 0.5) is 5.69 Å². The van der Waals surface area contributed by atoms with Crippen LogP contribution in [0.2, 0.25) is 0 Å². The minimum absolute atomic E-state index is 0.0135. The Morgan fingerprint density at radius 3 is 3.00 bits per heavy atom. The van der Waals surface area contributed by atoms with Crippen molar-refractivity contribution in [3.63, 3.8) is 0 Å². The van der Waals surface area contributed by atoms with Gasteiger partial charge in [0, 0.05) is 11.9 Å². The quantitative estimate of drug-likeness (QED) is 0.725. The largest absolute Gasteiger partial charge is 0.506 e. The molecule has 20 heavy (non-hydrogen) atoms. The van der Waals surface area contributed by atoms with Gasteiger partial charge in [-0.25, -0.2) is 0 Å². The second-order valence-corrected chi connectivity index (χ2v) is 4.95. The SMILES string of the molecule is Nc1ccc2c(c1)CCC2NC(=O)c1cncc(O)c1. The maximum Gasteiger partial charge on any atom is 0.253 e. The summed E-state index contributed by atoms with van der Waals surface area (Å²) in [6, 6.07) is 7.15. The molecule has 0 radical (unpaired) electrons. The van der Waals surface area contributed by atoms with Gasteiger partial charge in [-0.05, 0) is 42.2 Å². The van der Waals surface area contributed by atoms with Crippen molar-refractivity contribution in [2.24, 2.45) is 0 Å². The van der Waals surface area contributed by atoms with E-state index in [2.05, 4.69) is 10.3 Å². The summed E-state index contributed by atoms with van der Waals surface area (Å²) in [7, 11) is 0. The number of anilines is 1. The third-order valence-electron chi connectivity index (χ3n) is 3.54. The van der Waals surface area contributed by atoms with E-state index in [1.807, 2.05) is 18.2 Å². The summed E-state index contributed by atoms with van der Waals surface area (Å²) in [4.78, 5) is 16.0. The second-order valence-electron chi connectivity index (χ2n) is 4.95. The summed E-state index contributed by atoms with van der Waals surface area (Å²) in [6.45, 7) is 0. The number of nitrogens with one attached hydrogen (secondary N) is 1. The first kappa shape index (κ1) is 12.5. The van der Waals surface area contributed by atoms with Gasteiger partial charge < -0.3 is 16.2 Å². The van der Waals surface area contributed by atoms with Crippen molar-refractivity contribution in [3.05, 3.63) is 53.3 Å². The summed E-state index contributed by atoms with van der Waals surface area (Å²) < 4.78 is 0. The summed E-state index contributed by atoms with van der Waals surface area (Å²) >= 11 is 0. The van der Waals surface area contributed by atoms with Gasteiger partial charge in [-0.15, -0.1) is 0 Å². The van der Waals surface area contributed by atoms with Gasteiger partial charge in [-0.1, -0.05) is 6.07 Å². The number of nitrogen functional groups attached to an aromatic ring is 1. The van der Waals surface area contributed by atoms with E-state index in [0.29, 0.717) is 5.56 Å². The maximum atomic E-state index is 12.1. The van der Waals surface area contributed by atoms with E-state index < -0.39 is 0 Å². The molecule has 1 aromatic heterocycles. The standard InChI is InChI=1S/C15H15N3O2/c16-11-2-3-13-9(5-11)1-4-14(13)18-15(20)10-6-12(19)8-17-7-10/h2-3,5-8,14,19H,1,4,16H2,(H,18,20). The van der Waals surface area contributed by atoms with Crippen molar-refractivity contribution in [1.29, 1.82) is 0 Å². The van der Waals surface area contributed by atoms with Gasteiger partial charge >= 0.3 is 0 Å². The second kappa shape index (κ2) is 4.85. The highest BCUT2D eigenvalue weighted by atomic mass is 16.3. The number of aryl methyl sites for hydroxylation is 1. The Labute approximate surface area is 116 Å². The lowest BCUT2D eigenvalue weighted by molar-refractivity contribution is 0.0936. The van der Waals surface area contributed by atoms with Crippen LogP contribution in [0, 0.1) is 0 Å². The lowest BCUT2D eigenvalue weighted by Crippen LogP contribution is -2.27. The molecule has 5 heteroatoms. The third kappa shape index (κ3) is 2.30. The molecule has 1 atom stereocenters. The van der Waals surface area contributed by atoms with Crippen LogP contribution in [0.15, 0.2) is 36.7 Å². The molecular weight excluding hydrogens is 254 g/mol. The molecule has 0 saturated carbocycles. The molecule has 1 amide bonds.